The van der Waals surface area contributed by atoms with E-state index in [0.29, 0.717) is 27.3 Å². The molecule has 0 saturated carbocycles. The van der Waals surface area contributed by atoms with Crippen LogP contribution in [0, 0.1) is 5.82 Å². The zero-order chi connectivity index (χ0) is 15.6. The van der Waals surface area contributed by atoms with Crippen LogP contribution < -0.4 is 0 Å². The highest BCUT2D eigenvalue weighted by molar-refractivity contribution is 9.10. The van der Waals surface area contributed by atoms with E-state index in [1.54, 1.807) is 10.7 Å². The van der Waals surface area contributed by atoms with Crippen LogP contribution in [0.5, 0.6) is 0 Å². The van der Waals surface area contributed by atoms with Crippen LogP contribution in [-0.2, 0) is 6.54 Å². The highest BCUT2D eigenvalue weighted by Gasteiger charge is 2.22. The fraction of sp³-hybridized carbons (Fsp3) is 0.357. The van der Waals surface area contributed by atoms with Crippen molar-refractivity contribution in [1.29, 1.82) is 0 Å². The number of benzene rings is 1. The van der Waals surface area contributed by atoms with Crippen LogP contribution in [0.4, 0.5) is 4.39 Å². The number of rotatable bonds is 5. The van der Waals surface area contributed by atoms with Gasteiger partial charge in [0.25, 0.3) is 0 Å². The summed E-state index contributed by atoms with van der Waals surface area (Å²) in [4.78, 5) is 2.00. The molecule has 7 heteroatoms. The molecule has 0 aliphatic rings. The van der Waals surface area contributed by atoms with Gasteiger partial charge in [0.05, 0.1) is 23.5 Å². The summed E-state index contributed by atoms with van der Waals surface area (Å²) in [6, 6.07) is 4.17. The molecular weight excluding hydrogens is 361 g/mol. The molecule has 2 aromatic rings. The van der Waals surface area contributed by atoms with Crippen molar-refractivity contribution in [3.8, 4) is 0 Å². The standard InChI is InChI=1S/C14H16BrClFN3O/c1-19(2)5-6-20-13(12(16)8-18-20)14(21)10-7-9(17)3-4-11(10)15/h3-4,7-8,14,21H,5-6H2,1-2H3. The van der Waals surface area contributed by atoms with Gasteiger partial charge in [-0.15, -0.1) is 0 Å². The number of aromatic nitrogens is 2. The lowest BCUT2D eigenvalue weighted by Crippen LogP contribution is -2.21. The van der Waals surface area contributed by atoms with Gasteiger partial charge in [0.1, 0.15) is 11.9 Å². The maximum absolute atomic E-state index is 13.4. The molecule has 21 heavy (non-hydrogen) atoms. The van der Waals surface area contributed by atoms with Crippen molar-refractivity contribution >= 4 is 27.5 Å². The monoisotopic (exact) mass is 375 g/mol. The van der Waals surface area contributed by atoms with E-state index in [9.17, 15) is 9.50 Å². The Labute approximate surface area is 136 Å². The van der Waals surface area contributed by atoms with Gasteiger partial charge in [-0.2, -0.15) is 5.10 Å². The molecule has 0 aliphatic heterocycles. The minimum atomic E-state index is -1.05. The summed E-state index contributed by atoms with van der Waals surface area (Å²) in [5, 5.41) is 15.1. The summed E-state index contributed by atoms with van der Waals surface area (Å²) in [6.07, 6.45) is 0.440. The fourth-order valence-corrected chi connectivity index (χ4v) is 2.70. The molecule has 1 aromatic heterocycles. The Balaban J connectivity index is 2.36. The van der Waals surface area contributed by atoms with Crippen LogP contribution in [0.15, 0.2) is 28.9 Å². The van der Waals surface area contributed by atoms with E-state index in [4.69, 9.17) is 11.6 Å². The number of aliphatic hydroxyl groups excluding tert-OH is 1. The number of hydrogen-bond acceptors (Lipinski definition) is 3. The van der Waals surface area contributed by atoms with Gasteiger partial charge in [-0.25, -0.2) is 4.39 Å². The Bertz CT molecular complexity index is 633. The third-order valence-corrected chi connectivity index (χ3v) is 4.12. The Kier molecular flexibility index (Phi) is 5.37. The lowest BCUT2D eigenvalue weighted by Gasteiger charge is -2.17. The highest BCUT2D eigenvalue weighted by Crippen LogP contribution is 2.32. The zero-order valence-electron chi connectivity index (χ0n) is 11.7. The Morgan fingerprint density at radius 2 is 2.19 bits per heavy atom. The van der Waals surface area contributed by atoms with E-state index >= 15 is 0 Å². The van der Waals surface area contributed by atoms with Gasteiger partial charge in [-0.1, -0.05) is 27.5 Å². The van der Waals surface area contributed by atoms with Crippen LogP contribution in [0.2, 0.25) is 5.02 Å². The summed E-state index contributed by atoms with van der Waals surface area (Å²) < 4.78 is 15.7. The minimum absolute atomic E-state index is 0.359. The predicted molar refractivity (Wildman–Crippen MR) is 84.0 cm³/mol. The molecule has 0 saturated heterocycles. The first-order chi connectivity index (χ1) is 9.90. The summed E-state index contributed by atoms with van der Waals surface area (Å²) in [6.45, 7) is 1.33. The molecule has 114 valence electrons. The van der Waals surface area contributed by atoms with Gasteiger partial charge in [0.15, 0.2) is 0 Å². The first-order valence-electron chi connectivity index (χ1n) is 6.39. The summed E-state index contributed by atoms with van der Waals surface area (Å²) in [5.41, 5.74) is 0.883. The van der Waals surface area contributed by atoms with Gasteiger partial charge in [-0.05, 0) is 32.3 Å². The lowest BCUT2D eigenvalue weighted by molar-refractivity contribution is 0.204. The number of likely N-dealkylation sites (N-methyl/N-ethyl adjacent to an activating group) is 1. The van der Waals surface area contributed by atoms with Crippen molar-refractivity contribution in [2.45, 2.75) is 12.6 Å². The molecular formula is C14H16BrClFN3O. The van der Waals surface area contributed by atoms with Crippen LogP contribution in [0.3, 0.4) is 0 Å². The second kappa shape index (κ2) is 6.87. The topological polar surface area (TPSA) is 41.3 Å². The van der Waals surface area contributed by atoms with Crippen molar-refractivity contribution in [3.63, 3.8) is 0 Å². The molecule has 2 rings (SSSR count). The Morgan fingerprint density at radius 1 is 1.48 bits per heavy atom. The van der Waals surface area contributed by atoms with E-state index in [1.807, 2.05) is 19.0 Å². The van der Waals surface area contributed by atoms with Gasteiger partial charge >= 0.3 is 0 Å². The largest absolute Gasteiger partial charge is 0.382 e. The van der Waals surface area contributed by atoms with Crippen LogP contribution >= 0.6 is 27.5 Å². The van der Waals surface area contributed by atoms with E-state index in [0.717, 1.165) is 6.54 Å². The second-order valence-corrected chi connectivity index (χ2v) is 6.23. The molecule has 1 N–H and O–H groups in total. The maximum atomic E-state index is 13.4. The van der Waals surface area contributed by atoms with Gasteiger partial charge in [0, 0.05) is 16.6 Å². The molecule has 4 nitrogen and oxygen atoms in total. The fourth-order valence-electron chi connectivity index (χ4n) is 1.99. The molecule has 0 spiro atoms. The van der Waals surface area contributed by atoms with Gasteiger partial charge < -0.3 is 10.0 Å². The third kappa shape index (κ3) is 3.83. The molecule has 0 radical (unpaired) electrons. The van der Waals surface area contributed by atoms with Gasteiger partial charge in [-0.3, -0.25) is 4.68 Å². The van der Waals surface area contributed by atoms with Crippen molar-refractivity contribution < 1.29 is 9.50 Å². The minimum Gasteiger partial charge on any atom is -0.382 e. The predicted octanol–water partition coefficient (Wildman–Crippen LogP) is 3.08. The Morgan fingerprint density at radius 3 is 2.86 bits per heavy atom. The molecule has 0 aliphatic carbocycles. The summed E-state index contributed by atoms with van der Waals surface area (Å²) in [5.74, 6) is -0.414. The molecule has 0 fully saturated rings. The summed E-state index contributed by atoms with van der Waals surface area (Å²) >= 11 is 9.45. The molecule has 0 bridgehead atoms. The van der Waals surface area contributed by atoms with E-state index in [1.165, 1.54) is 18.3 Å². The van der Waals surface area contributed by atoms with Gasteiger partial charge in [0.2, 0.25) is 0 Å². The average molecular weight is 377 g/mol. The van der Waals surface area contributed by atoms with Crippen molar-refractivity contribution in [3.05, 3.63) is 51.0 Å². The molecule has 1 atom stereocenters. The SMILES string of the molecule is CN(C)CCn1ncc(Cl)c1C(O)c1cc(F)ccc1Br. The molecule has 1 aromatic carbocycles. The van der Waals surface area contributed by atoms with Crippen molar-refractivity contribution in [2.75, 3.05) is 20.6 Å². The molecule has 1 heterocycles. The number of halogens is 3. The molecule has 1 unspecified atom stereocenters. The summed E-state index contributed by atoms with van der Waals surface area (Å²) in [7, 11) is 3.90. The van der Waals surface area contributed by atoms with Crippen LogP contribution in [0.1, 0.15) is 17.4 Å². The van der Waals surface area contributed by atoms with Crippen LogP contribution in [0.25, 0.3) is 0 Å². The highest BCUT2D eigenvalue weighted by atomic mass is 79.9. The van der Waals surface area contributed by atoms with E-state index in [2.05, 4.69) is 21.0 Å². The van der Waals surface area contributed by atoms with E-state index < -0.39 is 11.9 Å². The lowest BCUT2D eigenvalue weighted by atomic mass is 10.1. The first-order valence-corrected chi connectivity index (χ1v) is 7.56. The smallest absolute Gasteiger partial charge is 0.123 e. The zero-order valence-corrected chi connectivity index (χ0v) is 14.1. The third-order valence-electron chi connectivity index (χ3n) is 3.10. The van der Waals surface area contributed by atoms with Crippen LogP contribution in [-0.4, -0.2) is 40.4 Å². The average Bonchev–Trinajstić information content (AvgIpc) is 2.79. The number of nitrogens with zero attached hydrogens (tertiary/aromatic N) is 3. The van der Waals surface area contributed by atoms with E-state index in [-0.39, 0.29) is 0 Å². The second-order valence-electron chi connectivity index (χ2n) is 4.97. The van der Waals surface area contributed by atoms with Crippen molar-refractivity contribution in [2.24, 2.45) is 0 Å². The quantitative estimate of drug-likeness (QED) is 0.872. The Hall–Kier alpha value is -0.950. The molecule has 0 amide bonds. The van der Waals surface area contributed by atoms with Crippen molar-refractivity contribution in [1.82, 2.24) is 14.7 Å². The maximum Gasteiger partial charge on any atom is 0.123 e. The number of hydrogen-bond donors (Lipinski definition) is 1. The first kappa shape index (κ1) is 16.4. The normalized spacial score (nSPS) is 12.9. The number of aliphatic hydroxyl groups is 1.